The second-order valence-corrected chi connectivity index (χ2v) is 6.01. The van der Waals surface area contributed by atoms with Gasteiger partial charge >= 0.3 is 0 Å². The van der Waals surface area contributed by atoms with Gasteiger partial charge in [0.2, 0.25) is 0 Å². The molecule has 0 aromatic heterocycles. The third-order valence-electron chi connectivity index (χ3n) is 4.71. The molecule has 0 aromatic rings. The molecule has 0 spiro atoms. The summed E-state index contributed by atoms with van der Waals surface area (Å²) in [5.41, 5.74) is 0. The molecule has 4 atom stereocenters. The van der Waals surface area contributed by atoms with E-state index in [2.05, 4.69) is 22.2 Å². The van der Waals surface area contributed by atoms with Crippen molar-refractivity contribution in [1.29, 1.82) is 0 Å². The number of rotatable bonds is 2. The summed E-state index contributed by atoms with van der Waals surface area (Å²) in [5, 5.41) is 3.95. The van der Waals surface area contributed by atoms with Gasteiger partial charge in [0.1, 0.15) is 0 Å². The summed E-state index contributed by atoms with van der Waals surface area (Å²) in [6.45, 7) is 6.59. The van der Waals surface area contributed by atoms with Crippen LogP contribution in [0.3, 0.4) is 0 Å². The normalized spacial score (nSPS) is 44.8. The molecule has 3 fully saturated rings. The minimum Gasteiger partial charge on any atom is -0.310 e. The molecule has 0 amide bonds. The van der Waals surface area contributed by atoms with E-state index in [1.54, 1.807) is 0 Å². The Bertz CT molecular complexity index is 243. The molecule has 16 heavy (non-hydrogen) atoms. The highest BCUT2D eigenvalue weighted by atomic mass is 15.2. The van der Waals surface area contributed by atoms with Crippen LogP contribution >= 0.6 is 0 Å². The number of nitrogens with zero attached hydrogens (tertiary/aromatic N) is 2. The summed E-state index contributed by atoms with van der Waals surface area (Å²) in [7, 11) is 2.26. The monoisotopic (exact) mass is 223 g/mol. The lowest BCUT2D eigenvalue weighted by Crippen LogP contribution is -2.52. The summed E-state index contributed by atoms with van der Waals surface area (Å²) >= 11 is 0. The number of likely N-dealkylation sites (tertiary alicyclic amines) is 1. The second-order valence-electron chi connectivity index (χ2n) is 6.01. The Balaban J connectivity index is 1.53. The predicted molar refractivity (Wildman–Crippen MR) is 66.6 cm³/mol. The molecule has 4 unspecified atom stereocenters. The van der Waals surface area contributed by atoms with Crippen molar-refractivity contribution in [1.82, 2.24) is 15.1 Å². The lowest BCUT2D eigenvalue weighted by atomic mass is 9.92. The molecule has 1 N–H and O–H groups in total. The van der Waals surface area contributed by atoms with Crippen molar-refractivity contribution in [2.24, 2.45) is 5.92 Å². The zero-order valence-electron chi connectivity index (χ0n) is 10.5. The quantitative estimate of drug-likeness (QED) is 0.746. The number of fused-ring (bicyclic) bond motifs is 2. The molecular formula is C13H25N3. The molecule has 0 saturated carbocycles. The Kier molecular flexibility index (Phi) is 3.18. The molecule has 2 bridgehead atoms. The van der Waals surface area contributed by atoms with Gasteiger partial charge in [-0.05, 0) is 58.3 Å². The van der Waals surface area contributed by atoms with Gasteiger partial charge in [0.15, 0.2) is 0 Å². The molecular weight excluding hydrogens is 198 g/mol. The van der Waals surface area contributed by atoms with Crippen molar-refractivity contribution < 1.29 is 0 Å². The lowest BCUT2D eigenvalue weighted by molar-refractivity contribution is 0.170. The summed E-state index contributed by atoms with van der Waals surface area (Å²) < 4.78 is 0. The van der Waals surface area contributed by atoms with Crippen molar-refractivity contribution in [3.05, 3.63) is 0 Å². The molecule has 3 aliphatic heterocycles. The van der Waals surface area contributed by atoms with E-state index in [0.717, 1.165) is 18.0 Å². The van der Waals surface area contributed by atoms with Crippen molar-refractivity contribution >= 4 is 0 Å². The van der Waals surface area contributed by atoms with Gasteiger partial charge in [0.05, 0.1) is 0 Å². The Morgan fingerprint density at radius 1 is 1.00 bits per heavy atom. The van der Waals surface area contributed by atoms with E-state index in [0.29, 0.717) is 0 Å². The molecule has 0 aromatic carbocycles. The van der Waals surface area contributed by atoms with Crippen molar-refractivity contribution in [3.63, 3.8) is 0 Å². The van der Waals surface area contributed by atoms with Crippen LogP contribution < -0.4 is 5.32 Å². The van der Waals surface area contributed by atoms with E-state index < -0.39 is 0 Å². The average molecular weight is 223 g/mol. The number of hydrogen-bond acceptors (Lipinski definition) is 3. The fourth-order valence-electron chi connectivity index (χ4n) is 3.78. The molecule has 3 heterocycles. The van der Waals surface area contributed by atoms with Crippen molar-refractivity contribution in [2.75, 3.05) is 39.8 Å². The van der Waals surface area contributed by atoms with Crippen molar-refractivity contribution in [2.45, 2.75) is 37.8 Å². The first-order valence-corrected chi connectivity index (χ1v) is 6.98. The van der Waals surface area contributed by atoms with Gasteiger partial charge in [0.25, 0.3) is 0 Å². The van der Waals surface area contributed by atoms with Crippen LogP contribution in [0.4, 0.5) is 0 Å². The van der Waals surface area contributed by atoms with Gasteiger partial charge in [-0.3, -0.25) is 0 Å². The fraction of sp³-hybridized carbons (Fsp3) is 1.00. The van der Waals surface area contributed by atoms with Crippen LogP contribution in [-0.4, -0.2) is 61.7 Å². The van der Waals surface area contributed by atoms with Gasteiger partial charge in [-0.1, -0.05) is 0 Å². The zero-order chi connectivity index (χ0) is 11.0. The van der Waals surface area contributed by atoms with Crippen LogP contribution in [-0.2, 0) is 0 Å². The Labute approximate surface area is 99.2 Å². The molecule has 0 radical (unpaired) electrons. The maximum absolute atomic E-state index is 3.95. The van der Waals surface area contributed by atoms with Gasteiger partial charge < -0.3 is 15.1 Å². The number of piperidine rings is 2. The molecule has 3 aliphatic rings. The van der Waals surface area contributed by atoms with Gasteiger partial charge in [0, 0.05) is 25.2 Å². The third-order valence-corrected chi connectivity index (χ3v) is 4.71. The highest BCUT2D eigenvalue weighted by Gasteiger charge is 2.35. The van der Waals surface area contributed by atoms with E-state index in [4.69, 9.17) is 0 Å². The highest BCUT2D eigenvalue weighted by molar-refractivity contribution is 4.93. The van der Waals surface area contributed by atoms with E-state index in [9.17, 15) is 0 Å². The van der Waals surface area contributed by atoms with Crippen LogP contribution in [0, 0.1) is 5.92 Å². The molecule has 92 valence electrons. The summed E-state index contributed by atoms with van der Waals surface area (Å²) in [4.78, 5) is 5.11. The maximum atomic E-state index is 3.95. The lowest BCUT2D eigenvalue weighted by Gasteiger charge is -2.37. The Hall–Kier alpha value is -0.120. The van der Waals surface area contributed by atoms with E-state index in [-0.39, 0.29) is 0 Å². The number of nitrogens with one attached hydrogen (secondary N) is 1. The zero-order valence-corrected chi connectivity index (χ0v) is 10.5. The first-order valence-electron chi connectivity index (χ1n) is 6.98. The smallest absolute Gasteiger partial charge is 0.0198 e. The van der Waals surface area contributed by atoms with Gasteiger partial charge in [-0.25, -0.2) is 0 Å². The van der Waals surface area contributed by atoms with Gasteiger partial charge in [-0.15, -0.1) is 0 Å². The van der Waals surface area contributed by atoms with Gasteiger partial charge in [-0.2, -0.15) is 0 Å². The van der Waals surface area contributed by atoms with E-state index in [1.165, 1.54) is 58.4 Å². The summed E-state index contributed by atoms with van der Waals surface area (Å²) in [5.74, 6) is 0.945. The second kappa shape index (κ2) is 4.63. The highest BCUT2D eigenvalue weighted by Crippen LogP contribution is 2.27. The largest absolute Gasteiger partial charge is 0.310 e. The molecule has 3 heteroatoms. The molecule has 3 nitrogen and oxygen atoms in total. The standard InChI is InChI=1S/C13H25N3/c1-15-6-2-3-12(10-15)14-13-5-8-16-7-4-11(13)9-16/h11-14H,2-10H2,1H3. The number of likely N-dealkylation sites (N-methyl/N-ethyl adjacent to an activating group) is 1. The average Bonchev–Trinajstić information content (AvgIpc) is 2.66. The first kappa shape index (κ1) is 11.0. The van der Waals surface area contributed by atoms with Crippen LogP contribution in [0.1, 0.15) is 25.7 Å². The van der Waals surface area contributed by atoms with Crippen molar-refractivity contribution in [3.8, 4) is 0 Å². The molecule has 3 saturated heterocycles. The Morgan fingerprint density at radius 3 is 2.75 bits per heavy atom. The number of hydrogen-bond donors (Lipinski definition) is 1. The minimum absolute atomic E-state index is 0.760. The Morgan fingerprint density at radius 2 is 1.88 bits per heavy atom. The first-order chi connectivity index (χ1) is 7.81. The van der Waals surface area contributed by atoms with E-state index in [1.807, 2.05) is 0 Å². The van der Waals surface area contributed by atoms with Crippen LogP contribution in [0.5, 0.6) is 0 Å². The van der Waals surface area contributed by atoms with Crippen LogP contribution in [0.25, 0.3) is 0 Å². The van der Waals surface area contributed by atoms with E-state index >= 15 is 0 Å². The van der Waals surface area contributed by atoms with Crippen LogP contribution in [0.15, 0.2) is 0 Å². The topological polar surface area (TPSA) is 18.5 Å². The predicted octanol–water partition coefficient (Wildman–Crippen LogP) is 0.764. The fourth-order valence-corrected chi connectivity index (χ4v) is 3.78. The van der Waals surface area contributed by atoms with Crippen LogP contribution in [0.2, 0.25) is 0 Å². The molecule has 3 rings (SSSR count). The molecule has 0 aliphatic carbocycles. The summed E-state index contributed by atoms with van der Waals surface area (Å²) in [6.07, 6.45) is 5.57. The minimum atomic E-state index is 0.760. The maximum Gasteiger partial charge on any atom is 0.0198 e. The third kappa shape index (κ3) is 2.27. The SMILES string of the molecule is CN1CCCC(NC2CCN3CCC2C3)C1. The summed E-state index contributed by atoms with van der Waals surface area (Å²) in [6, 6.07) is 1.58.